The van der Waals surface area contributed by atoms with E-state index in [1.807, 2.05) is 26.0 Å². The van der Waals surface area contributed by atoms with E-state index in [2.05, 4.69) is 33.6 Å². The fraction of sp³-hybridized carbons (Fsp3) is 0.333. The van der Waals surface area contributed by atoms with Gasteiger partial charge in [0.25, 0.3) is 5.91 Å². The van der Waals surface area contributed by atoms with Gasteiger partial charge in [-0.15, -0.1) is 22.0 Å². The second-order valence-corrected chi connectivity index (χ2v) is 7.10. The molecule has 0 fully saturated rings. The van der Waals surface area contributed by atoms with Gasteiger partial charge in [-0.2, -0.15) is 5.10 Å². The number of nitrogens with one attached hydrogen (secondary N) is 1. The molecule has 3 rings (SSSR count). The Bertz CT molecular complexity index is 952. The molecule has 0 saturated carbocycles. The molecule has 7 nitrogen and oxygen atoms in total. The predicted octanol–water partition coefficient (Wildman–Crippen LogP) is 3.50. The van der Waals surface area contributed by atoms with Crippen molar-refractivity contribution in [2.24, 2.45) is 5.73 Å². The maximum atomic E-state index is 11.9. The van der Waals surface area contributed by atoms with Crippen molar-refractivity contribution in [3.05, 3.63) is 35.7 Å². The van der Waals surface area contributed by atoms with Crippen molar-refractivity contribution in [2.45, 2.75) is 38.6 Å². The van der Waals surface area contributed by atoms with Crippen LogP contribution >= 0.6 is 11.8 Å². The number of aromatic nitrogens is 4. The van der Waals surface area contributed by atoms with Crippen LogP contribution in [0.4, 0.5) is 11.5 Å². The number of thioether (sulfide) groups is 1. The van der Waals surface area contributed by atoms with E-state index in [9.17, 15) is 4.79 Å². The third-order valence-corrected chi connectivity index (χ3v) is 5.19. The molecule has 0 atom stereocenters. The zero-order valence-corrected chi connectivity index (χ0v) is 15.9. The summed E-state index contributed by atoms with van der Waals surface area (Å²) in [6.45, 7) is 6.85. The average molecular weight is 370 g/mol. The maximum absolute atomic E-state index is 11.9. The molecule has 2 heterocycles. The molecule has 1 amide bonds. The van der Waals surface area contributed by atoms with Crippen molar-refractivity contribution < 1.29 is 4.79 Å². The van der Waals surface area contributed by atoms with Crippen LogP contribution in [-0.4, -0.2) is 31.6 Å². The van der Waals surface area contributed by atoms with Gasteiger partial charge in [-0.05, 0) is 43.7 Å². The Morgan fingerprint density at radius 2 is 2.12 bits per heavy atom. The van der Waals surface area contributed by atoms with E-state index in [4.69, 9.17) is 5.73 Å². The molecule has 0 unspecified atom stereocenters. The minimum atomic E-state index is -0.617. The highest BCUT2D eigenvalue weighted by molar-refractivity contribution is 7.99. The number of fused-ring (bicyclic) bond motifs is 1. The largest absolute Gasteiger partial charge is 0.364 e. The molecule has 0 bridgehead atoms. The number of nitrogens with two attached hydrogens (primary N) is 1. The number of anilines is 2. The fourth-order valence-corrected chi connectivity index (χ4v) is 3.67. The molecule has 0 spiro atoms. The van der Waals surface area contributed by atoms with Crippen LogP contribution in [0.25, 0.3) is 10.9 Å². The number of primary amides is 1. The number of carbonyl (C=O) groups is 1. The molecule has 1 aromatic carbocycles. The highest BCUT2D eigenvalue weighted by Gasteiger charge is 2.18. The Labute approximate surface area is 156 Å². The molecule has 0 saturated heterocycles. The molecule has 0 aliphatic rings. The van der Waals surface area contributed by atoms with Crippen molar-refractivity contribution in [1.29, 1.82) is 0 Å². The minimum absolute atomic E-state index is 0.124. The quantitative estimate of drug-likeness (QED) is 0.618. The van der Waals surface area contributed by atoms with E-state index >= 15 is 0 Å². The van der Waals surface area contributed by atoms with Crippen LogP contribution in [0.5, 0.6) is 0 Å². The molecule has 0 radical (unpaired) electrons. The van der Waals surface area contributed by atoms with Gasteiger partial charge in [-0.3, -0.25) is 4.79 Å². The first kappa shape index (κ1) is 18.2. The van der Waals surface area contributed by atoms with Crippen LogP contribution in [0.1, 0.15) is 36.3 Å². The van der Waals surface area contributed by atoms with Gasteiger partial charge in [-0.1, -0.05) is 6.92 Å². The zero-order chi connectivity index (χ0) is 18.7. The molecular weight excluding hydrogens is 348 g/mol. The maximum Gasteiger partial charge on any atom is 0.271 e. The van der Waals surface area contributed by atoms with Gasteiger partial charge in [0.2, 0.25) is 0 Å². The third-order valence-electron chi connectivity index (χ3n) is 4.01. The molecule has 8 heteroatoms. The highest BCUT2D eigenvalue weighted by Crippen LogP contribution is 2.33. The van der Waals surface area contributed by atoms with E-state index in [1.165, 1.54) is 0 Å². The van der Waals surface area contributed by atoms with Gasteiger partial charge >= 0.3 is 0 Å². The zero-order valence-electron chi connectivity index (χ0n) is 15.1. The molecule has 3 aromatic rings. The molecule has 26 heavy (non-hydrogen) atoms. The van der Waals surface area contributed by atoms with Crippen molar-refractivity contribution in [2.75, 3.05) is 11.1 Å². The topological polar surface area (TPSA) is 98.7 Å². The lowest BCUT2D eigenvalue weighted by Crippen LogP contribution is -2.17. The second kappa shape index (κ2) is 7.74. The van der Waals surface area contributed by atoms with Crippen LogP contribution < -0.4 is 11.1 Å². The van der Waals surface area contributed by atoms with Gasteiger partial charge in [0.05, 0.1) is 17.4 Å². The van der Waals surface area contributed by atoms with E-state index in [1.54, 1.807) is 22.6 Å². The number of rotatable bonds is 7. The van der Waals surface area contributed by atoms with Gasteiger partial charge in [-0.25, -0.2) is 4.68 Å². The van der Waals surface area contributed by atoms with Gasteiger partial charge in [0, 0.05) is 22.9 Å². The van der Waals surface area contributed by atoms with E-state index < -0.39 is 5.91 Å². The van der Waals surface area contributed by atoms with Crippen LogP contribution in [-0.2, 0) is 6.54 Å². The summed E-state index contributed by atoms with van der Waals surface area (Å²) in [6.07, 6.45) is 2.80. The Hall–Kier alpha value is -2.61. The first-order valence-corrected chi connectivity index (χ1v) is 9.56. The van der Waals surface area contributed by atoms with Crippen molar-refractivity contribution >= 4 is 40.1 Å². The van der Waals surface area contributed by atoms with Crippen molar-refractivity contribution in [3.63, 3.8) is 0 Å². The lowest BCUT2D eigenvalue weighted by atomic mass is 10.1. The monoisotopic (exact) mass is 370 g/mol. The summed E-state index contributed by atoms with van der Waals surface area (Å²) in [5, 5.41) is 16.7. The number of carbonyl (C=O) groups excluding carboxylic acids is 1. The lowest BCUT2D eigenvalue weighted by molar-refractivity contribution is 0.0995. The lowest BCUT2D eigenvalue weighted by Gasteiger charge is -2.15. The Morgan fingerprint density at radius 3 is 2.81 bits per heavy atom. The first-order chi connectivity index (χ1) is 12.5. The van der Waals surface area contributed by atoms with E-state index in [0.717, 1.165) is 39.4 Å². The van der Waals surface area contributed by atoms with Crippen molar-refractivity contribution in [1.82, 2.24) is 20.0 Å². The predicted molar refractivity (Wildman–Crippen MR) is 105 cm³/mol. The van der Waals surface area contributed by atoms with E-state index in [-0.39, 0.29) is 5.69 Å². The van der Waals surface area contributed by atoms with Crippen molar-refractivity contribution in [3.8, 4) is 0 Å². The minimum Gasteiger partial charge on any atom is -0.364 e. The Kier molecular flexibility index (Phi) is 5.41. The molecule has 2 aromatic heterocycles. The number of nitrogens with zero attached hydrogens (tertiary/aromatic N) is 4. The van der Waals surface area contributed by atoms with Crippen LogP contribution in [0.15, 0.2) is 29.3 Å². The summed E-state index contributed by atoms with van der Waals surface area (Å²) < 4.78 is 1.81. The summed E-state index contributed by atoms with van der Waals surface area (Å²) in [5.74, 6) is 1.18. The van der Waals surface area contributed by atoms with Gasteiger partial charge in [0.15, 0.2) is 5.69 Å². The normalized spacial score (nSPS) is 11.0. The van der Waals surface area contributed by atoms with Gasteiger partial charge in [0.1, 0.15) is 5.82 Å². The second-order valence-electron chi connectivity index (χ2n) is 5.93. The van der Waals surface area contributed by atoms with Crippen LogP contribution in [0.3, 0.4) is 0 Å². The number of amides is 1. The number of aryl methyl sites for hydroxylation is 2. The summed E-state index contributed by atoms with van der Waals surface area (Å²) in [6, 6.07) is 5.99. The number of hydrogen-bond donors (Lipinski definition) is 2. The summed E-state index contributed by atoms with van der Waals surface area (Å²) >= 11 is 1.78. The number of hydrogen-bond acceptors (Lipinski definition) is 6. The smallest absolute Gasteiger partial charge is 0.271 e. The standard InChI is InChI=1S/C18H22N6OS/c1-4-8-26-12-9-11(3)15-13(10-12)16(17(18(19)25)23-22-15)21-14-6-7-20-24(14)5-2/h6-7,9-10H,4-5,8H2,1-3H3,(H2,19,25)(H,21,22). The molecule has 3 N–H and O–H groups in total. The van der Waals surface area contributed by atoms with Crippen LogP contribution in [0, 0.1) is 6.92 Å². The molecule has 0 aliphatic carbocycles. The third kappa shape index (κ3) is 3.50. The SMILES string of the molecule is CCCSc1cc(C)c2nnc(C(N)=O)c(Nc3ccnn3CC)c2c1. The summed E-state index contributed by atoms with van der Waals surface area (Å²) in [7, 11) is 0. The molecular formula is C18H22N6OS. The van der Waals surface area contributed by atoms with Gasteiger partial charge < -0.3 is 11.1 Å². The van der Waals surface area contributed by atoms with Crippen LogP contribution in [0.2, 0.25) is 0 Å². The molecule has 136 valence electrons. The Morgan fingerprint density at radius 1 is 1.31 bits per heavy atom. The average Bonchev–Trinajstić information content (AvgIpc) is 3.07. The summed E-state index contributed by atoms with van der Waals surface area (Å²) in [5.41, 5.74) is 8.01. The summed E-state index contributed by atoms with van der Waals surface area (Å²) in [4.78, 5) is 13.1. The highest BCUT2D eigenvalue weighted by atomic mass is 32.2. The fourth-order valence-electron chi connectivity index (χ4n) is 2.77. The first-order valence-electron chi connectivity index (χ1n) is 8.57. The Balaban J connectivity index is 2.20. The number of benzene rings is 1. The van der Waals surface area contributed by atoms with E-state index in [0.29, 0.717) is 12.2 Å². The molecule has 0 aliphatic heterocycles.